The van der Waals surface area contributed by atoms with Gasteiger partial charge in [0.15, 0.2) is 5.78 Å². The van der Waals surface area contributed by atoms with E-state index in [0.29, 0.717) is 22.9 Å². The number of carbonyl (C=O) groups excluding carboxylic acids is 1. The quantitative estimate of drug-likeness (QED) is 0.253. The van der Waals surface area contributed by atoms with Gasteiger partial charge in [-0.3, -0.25) is 9.78 Å². The summed E-state index contributed by atoms with van der Waals surface area (Å²) in [6.07, 6.45) is 5.07. The second-order valence-electron chi connectivity index (χ2n) is 6.90. The second-order valence-corrected chi connectivity index (χ2v) is 7.33. The number of rotatable bonds is 7. The zero-order valence-electron chi connectivity index (χ0n) is 16.9. The van der Waals surface area contributed by atoms with Crippen LogP contribution in [0.2, 0.25) is 5.02 Å². The Morgan fingerprint density at radius 1 is 1.00 bits per heavy atom. The molecule has 0 spiro atoms. The Morgan fingerprint density at radius 2 is 1.81 bits per heavy atom. The van der Waals surface area contributed by atoms with Crippen LogP contribution in [0.5, 0.6) is 11.5 Å². The largest absolute Gasteiger partial charge is 0.496 e. The Morgan fingerprint density at radius 3 is 2.61 bits per heavy atom. The van der Waals surface area contributed by atoms with E-state index in [1.54, 1.807) is 49.7 Å². The molecule has 0 fully saturated rings. The summed E-state index contributed by atoms with van der Waals surface area (Å²) in [6, 6.07) is 22.3. The maximum Gasteiger partial charge on any atom is 0.185 e. The van der Waals surface area contributed by atoms with Crippen molar-refractivity contribution >= 4 is 34.4 Å². The molecular formula is C26H20ClNO3. The number of nitrogens with zero attached hydrogens (tertiary/aromatic N) is 1. The van der Waals surface area contributed by atoms with Crippen LogP contribution in [0.3, 0.4) is 0 Å². The fraction of sp³-hybridized carbons (Fsp3) is 0.0769. The number of ether oxygens (including phenoxy) is 2. The molecule has 0 saturated carbocycles. The molecule has 5 heteroatoms. The Kier molecular flexibility index (Phi) is 6.29. The van der Waals surface area contributed by atoms with Crippen molar-refractivity contribution < 1.29 is 14.3 Å². The van der Waals surface area contributed by atoms with Gasteiger partial charge in [0.1, 0.15) is 23.6 Å². The molecule has 0 radical (unpaired) electrons. The van der Waals surface area contributed by atoms with Crippen molar-refractivity contribution in [1.82, 2.24) is 4.98 Å². The van der Waals surface area contributed by atoms with Gasteiger partial charge in [0.2, 0.25) is 0 Å². The molecule has 1 aromatic heterocycles. The molecule has 154 valence electrons. The van der Waals surface area contributed by atoms with Gasteiger partial charge >= 0.3 is 0 Å². The molecule has 0 aliphatic carbocycles. The number of halogens is 1. The predicted octanol–water partition coefficient (Wildman–Crippen LogP) is 6.37. The first-order valence-electron chi connectivity index (χ1n) is 9.75. The number of pyridine rings is 1. The summed E-state index contributed by atoms with van der Waals surface area (Å²) in [5.41, 5.74) is 3.14. The molecule has 0 aliphatic heterocycles. The van der Waals surface area contributed by atoms with Crippen LogP contribution in [-0.4, -0.2) is 17.9 Å². The molecule has 4 nitrogen and oxygen atoms in total. The van der Waals surface area contributed by atoms with Gasteiger partial charge in [-0.2, -0.15) is 0 Å². The molecule has 0 unspecified atom stereocenters. The molecule has 4 rings (SSSR count). The highest BCUT2D eigenvalue weighted by Gasteiger charge is 2.08. The number of carbonyl (C=O) groups is 1. The van der Waals surface area contributed by atoms with Gasteiger partial charge in [0.25, 0.3) is 0 Å². The summed E-state index contributed by atoms with van der Waals surface area (Å²) in [4.78, 5) is 16.8. The van der Waals surface area contributed by atoms with Gasteiger partial charge in [0, 0.05) is 27.7 Å². The average molecular weight is 430 g/mol. The van der Waals surface area contributed by atoms with Crippen molar-refractivity contribution in [2.24, 2.45) is 0 Å². The first-order valence-corrected chi connectivity index (χ1v) is 10.1. The third-order valence-corrected chi connectivity index (χ3v) is 5.09. The van der Waals surface area contributed by atoms with Crippen LogP contribution in [0.25, 0.3) is 17.0 Å². The lowest BCUT2D eigenvalue weighted by atomic mass is 10.1. The maximum absolute atomic E-state index is 12.4. The van der Waals surface area contributed by atoms with Gasteiger partial charge in [-0.25, -0.2) is 0 Å². The monoisotopic (exact) mass is 429 g/mol. The van der Waals surface area contributed by atoms with E-state index < -0.39 is 0 Å². The van der Waals surface area contributed by atoms with Crippen molar-refractivity contribution in [3.63, 3.8) is 0 Å². The normalized spacial score (nSPS) is 11.0. The summed E-state index contributed by atoms with van der Waals surface area (Å²) in [5, 5.41) is 1.62. The zero-order chi connectivity index (χ0) is 21.6. The third kappa shape index (κ3) is 4.93. The number of methoxy groups -OCH3 is 1. The number of fused-ring (bicyclic) bond motifs is 1. The van der Waals surface area contributed by atoms with Gasteiger partial charge in [0.05, 0.1) is 7.11 Å². The van der Waals surface area contributed by atoms with Gasteiger partial charge < -0.3 is 9.47 Å². The molecule has 0 atom stereocenters. The molecule has 4 aromatic rings. The molecule has 3 aromatic carbocycles. The fourth-order valence-corrected chi connectivity index (χ4v) is 3.37. The highest BCUT2D eigenvalue weighted by atomic mass is 35.5. The van der Waals surface area contributed by atoms with Gasteiger partial charge in [-0.05, 0) is 60.2 Å². The van der Waals surface area contributed by atoms with Crippen molar-refractivity contribution in [2.75, 3.05) is 7.11 Å². The molecular weight excluding hydrogens is 410 g/mol. The van der Waals surface area contributed by atoms with Crippen LogP contribution in [0.1, 0.15) is 21.5 Å². The number of para-hydroxylation sites is 1. The van der Waals surface area contributed by atoms with E-state index in [9.17, 15) is 4.79 Å². The van der Waals surface area contributed by atoms with E-state index in [-0.39, 0.29) is 5.78 Å². The van der Waals surface area contributed by atoms with Crippen LogP contribution in [0.4, 0.5) is 0 Å². The number of ketones is 1. The molecule has 0 amide bonds. The van der Waals surface area contributed by atoms with Crippen molar-refractivity contribution in [1.29, 1.82) is 0 Å². The third-order valence-electron chi connectivity index (χ3n) is 4.84. The predicted molar refractivity (Wildman–Crippen MR) is 124 cm³/mol. The average Bonchev–Trinajstić information content (AvgIpc) is 2.81. The number of allylic oxidation sites excluding steroid dienone is 1. The smallest absolute Gasteiger partial charge is 0.185 e. The minimum atomic E-state index is -0.0906. The summed E-state index contributed by atoms with van der Waals surface area (Å²) < 4.78 is 11.5. The lowest BCUT2D eigenvalue weighted by Crippen LogP contribution is -2.00. The van der Waals surface area contributed by atoms with Crippen LogP contribution in [0, 0.1) is 0 Å². The fourth-order valence-electron chi connectivity index (χ4n) is 3.25. The van der Waals surface area contributed by atoms with E-state index in [4.69, 9.17) is 21.1 Å². The Bertz CT molecular complexity index is 1240. The topological polar surface area (TPSA) is 48.4 Å². The van der Waals surface area contributed by atoms with Gasteiger partial charge in [-0.15, -0.1) is 0 Å². The van der Waals surface area contributed by atoms with Crippen molar-refractivity contribution in [3.8, 4) is 11.5 Å². The Balaban J connectivity index is 1.53. The molecule has 0 bridgehead atoms. The van der Waals surface area contributed by atoms with Crippen LogP contribution in [0.15, 0.2) is 85.1 Å². The zero-order valence-corrected chi connectivity index (χ0v) is 17.7. The molecule has 31 heavy (non-hydrogen) atoms. The lowest BCUT2D eigenvalue weighted by Gasteiger charge is -2.12. The van der Waals surface area contributed by atoms with E-state index in [0.717, 1.165) is 27.8 Å². The number of aromatic nitrogens is 1. The van der Waals surface area contributed by atoms with Crippen molar-refractivity contribution in [2.45, 2.75) is 6.61 Å². The van der Waals surface area contributed by atoms with Crippen molar-refractivity contribution in [3.05, 3.63) is 107 Å². The SMILES string of the molecule is COc1ccc(/C=C/C(=O)c2ccc(Cl)cc2)cc1COc1cccc2cccnc12. The minimum Gasteiger partial charge on any atom is -0.496 e. The van der Waals surface area contributed by atoms with Crippen LogP contribution >= 0.6 is 11.6 Å². The summed E-state index contributed by atoms with van der Waals surface area (Å²) >= 11 is 5.88. The summed E-state index contributed by atoms with van der Waals surface area (Å²) in [6.45, 7) is 0.311. The maximum atomic E-state index is 12.4. The van der Waals surface area contributed by atoms with E-state index >= 15 is 0 Å². The highest BCUT2D eigenvalue weighted by molar-refractivity contribution is 6.30. The first-order chi connectivity index (χ1) is 15.1. The minimum absolute atomic E-state index is 0.0906. The number of benzene rings is 3. The van der Waals surface area contributed by atoms with E-state index in [1.165, 1.54) is 0 Å². The summed E-state index contributed by atoms with van der Waals surface area (Å²) in [7, 11) is 1.62. The standard InChI is InChI=1S/C26H20ClNO3/c1-30-24-14-8-18(7-13-23(29)19-9-11-22(27)12-10-19)16-21(24)17-31-25-6-2-4-20-5-3-15-28-26(20)25/h2-16H,17H2,1H3/b13-7+. The van der Waals surface area contributed by atoms with Crippen LogP contribution < -0.4 is 9.47 Å². The molecule has 0 saturated heterocycles. The molecule has 1 heterocycles. The van der Waals surface area contributed by atoms with E-state index in [2.05, 4.69) is 4.98 Å². The highest BCUT2D eigenvalue weighted by Crippen LogP contribution is 2.27. The number of hydrogen-bond donors (Lipinski definition) is 0. The van der Waals surface area contributed by atoms with E-state index in [1.807, 2.05) is 48.5 Å². The molecule has 0 aliphatic rings. The molecule has 0 N–H and O–H groups in total. The van der Waals surface area contributed by atoms with Crippen LogP contribution in [-0.2, 0) is 6.61 Å². The van der Waals surface area contributed by atoms with Gasteiger partial charge in [-0.1, -0.05) is 41.9 Å². The lowest BCUT2D eigenvalue weighted by molar-refractivity contribution is 0.104. The first kappa shape index (κ1) is 20.6. The summed E-state index contributed by atoms with van der Waals surface area (Å²) in [5.74, 6) is 1.33. The number of hydrogen-bond acceptors (Lipinski definition) is 4. The Hall–Kier alpha value is -3.63. The Labute approximate surface area is 185 Å². The second kappa shape index (κ2) is 9.45.